The second-order valence-corrected chi connectivity index (χ2v) is 6.94. The number of carbonyl (C=O) groups is 1. The normalized spacial score (nSPS) is 11.4. The lowest BCUT2D eigenvalue weighted by molar-refractivity contribution is 0.00695. The molecule has 2 aromatic rings. The summed E-state index contributed by atoms with van der Waals surface area (Å²) in [5.41, 5.74) is 0.0378. The van der Waals surface area contributed by atoms with Crippen molar-refractivity contribution >= 4 is 18.6 Å². The third kappa shape index (κ3) is 4.17. The Bertz CT molecular complexity index is 873. The number of nitrogens with zero attached hydrogens (tertiary/aromatic N) is 1. The van der Waals surface area contributed by atoms with Crippen LogP contribution >= 0.6 is 12.6 Å². The average Bonchev–Trinajstić information content (AvgIpc) is 2.48. The molecule has 128 valence electrons. The van der Waals surface area contributed by atoms with Gasteiger partial charge in [0.2, 0.25) is 0 Å². The molecule has 0 unspecified atom stereocenters. The molecule has 1 heterocycles. The highest BCUT2D eigenvalue weighted by Crippen LogP contribution is 2.13. The monoisotopic (exact) mass is 348 g/mol. The number of aromatic amines is 1. The van der Waals surface area contributed by atoms with Gasteiger partial charge in [-0.3, -0.25) is 9.36 Å². The summed E-state index contributed by atoms with van der Waals surface area (Å²) in [5.74, 6) is -0.417. The molecule has 0 spiro atoms. The van der Waals surface area contributed by atoms with Gasteiger partial charge in [-0.2, -0.15) is 0 Å². The minimum Gasteiger partial charge on any atom is -0.456 e. The minimum atomic E-state index is -0.567. The Hall–Kier alpha value is -2.28. The fraction of sp³-hybridized carbons (Fsp3) is 0.353. The van der Waals surface area contributed by atoms with E-state index in [0.29, 0.717) is 11.1 Å². The van der Waals surface area contributed by atoms with Crippen LogP contribution in [0.1, 0.15) is 42.3 Å². The number of benzene rings is 1. The first-order valence-electron chi connectivity index (χ1n) is 7.43. The van der Waals surface area contributed by atoms with Crippen LogP contribution in [0.4, 0.5) is 0 Å². The average molecular weight is 348 g/mol. The number of hydrogen-bond donors (Lipinski definition) is 2. The summed E-state index contributed by atoms with van der Waals surface area (Å²) in [7, 11) is 0. The van der Waals surface area contributed by atoms with Crippen molar-refractivity contribution in [3.8, 4) is 0 Å². The quantitative estimate of drug-likeness (QED) is 0.506. The first kappa shape index (κ1) is 18.1. The molecule has 0 aliphatic carbocycles. The zero-order valence-electron chi connectivity index (χ0n) is 14.0. The fourth-order valence-electron chi connectivity index (χ4n) is 2.07. The summed E-state index contributed by atoms with van der Waals surface area (Å²) in [4.78, 5) is 38.6. The van der Waals surface area contributed by atoms with Crippen molar-refractivity contribution in [2.45, 2.75) is 44.9 Å². The van der Waals surface area contributed by atoms with Gasteiger partial charge in [0.25, 0.3) is 5.56 Å². The Labute approximate surface area is 144 Å². The molecule has 0 aliphatic rings. The predicted octanol–water partition coefficient (Wildman–Crippen LogP) is 2.14. The van der Waals surface area contributed by atoms with Gasteiger partial charge in [0.05, 0.1) is 17.1 Å². The third-order valence-corrected chi connectivity index (χ3v) is 3.77. The Morgan fingerprint density at radius 2 is 1.79 bits per heavy atom. The number of hydrogen-bond acceptors (Lipinski definition) is 5. The van der Waals surface area contributed by atoms with E-state index >= 15 is 0 Å². The predicted molar refractivity (Wildman–Crippen MR) is 94.0 cm³/mol. The molecular weight excluding hydrogens is 328 g/mol. The first-order valence-corrected chi connectivity index (χ1v) is 7.88. The summed E-state index contributed by atoms with van der Waals surface area (Å²) in [6.07, 6.45) is 0. The second kappa shape index (κ2) is 6.68. The van der Waals surface area contributed by atoms with E-state index in [1.165, 1.54) is 0 Å². The first-order chi connectivity index (χ1) is 11.1. The van der Waals surface area contributed by atoms with Crippen LogP contribution in [0.2, 0.25) is 0 Å². The highest BCUT2D eigenvalue weighted by atomic mass is 32.1. The molecule has 0 radical (unpaired) electrons. The fourth-order valence-corrected chi connectivity index (χ4v) is 2.26. The smallest absolute Gasteiger partial charge is 0.338 e. The van der Waals surface area contributed by atoms with Gasteiger partial charge in [-0.05, 0) is 45.4 Å². The van der Waals surface area contributed by atoms with E-state index in [1.54, 1.807) is 52.0 Å². The molecule has 0 bridgehead atoms. The summed E-state index contributed by atoms with van der Waals surface area (Å²) in [5, 5.41) is 0.265. The van der Waals surface area contributed by atoms with Gasteiger partial charge in [-0.15, -0.1) is 12.6 Å². The van der Waals surface area contributed by atoms with E-state index in [2.05, 4.69) is 17.6 Å². The number of H-pyrrole nitrogens is 1. The molecule has 0 saturated heterocycles. The molecule has 1 N–H and O–H groups in total. The number of esters is 1. The van der Waals surface area contributed by atoms with E-state index in [1.807, 2.05) is 0 Å². The van der Waals surface area contributed by atoms with Crippen molar-refractivity contribution in [3.63, 3.8) is 0 Å². The van der Waals surface area contributed by atoms with Crippen LogP contribution in [-0.4, -0.2) is 21.1 Å². The zero-order valence-corrected chi connectivity index (χ0v) is 14.9. The van der Waals surface area contributed by atoms with Gasteiger partial charge in [-0.25, -0.2) is 9.59 Å². The van der Waals surface area contributed by atoms with Gasteiger partial charge >= 0.3 is 11.7 Å². The van der Waals surface area contributed by atoms with Crippen LogP contribution in [-0.2, 0) is 11.3 Å². The maximum absolute atomic E-state index is 12.2. The number of nitrogens with one attached hydrogen (secondary N) is 1. The van der Waals surface area contributed by atoms with Crippen molar-refractivity contribution < 1.29 is 9.53 Å². The van der Waals surface area contributed by atoms with Gasteiger partial charge in [0.15, 0.2) is 0 Å². The SMILES string of the molecule is Cc1c(S)[nH]c(=O)n(Cc2ccc(C(=O)OC(C)(C)C)cc2)c1=O. The minimum absolute atomic E-state index is 0.109. The zero-order chi connectivity index (χ0) is 18.1. The van der Waals surface area contributed by atoms with E-state index < -0.39 is 17.3 Å². The Balaban J connectivity index is 2.25. The topological polar surface area (TPSA) is 81.2 Å². The van der Waals surface area contributed by atoms with Crippen LogP contribution in [0.25, 0.3) is 0 Å². The molecule has 2 rings (SSSR count). The van der Waals surface area contributed by atoms with Crippen molar-refractivity contribution in [2.75, 3.05) is 0 Å². The Morgan fingerprint density at radius 3 is 2.33 bits per heavy atom. The molecule has 24 heavy (non-hydrogen) atoms. The van der Waals surface area contributed by atoms with Crippen molar-refractivity contribution in [1.82, 2.24) is 9.55 Å². The highest BCUT2D eigenvalue weighted by Gasteiger charge is 2.17. The third-order valence-electron chi connectivity index (χ3n) is 3.32. The maximum atomic E-state index is 12.2. The van der Waals surface area contributed by atoms with E-state index in [0.717, 1.165) is 10.1 Å². The lowest BCUT2D eigenvalue weighted by Crippen LogP contribution is -2.37. The van der Waals surface area contributed by atoms with Crippen LogP contribution < -0.4 is 11.2 Å². The lowest BCUT2D eigenvalue weighted by atomic mass is 10.1. The van der Waals surface area contributed by atoms with Gasteiger partial charge < -0.3 is 9.72 Å². The largest absolute Gasteiger partial charge is 0.456 e. The van der Waals surface area contributed by atoms with E-state index in [-0.39, 0.29) is 17.1 Å². The van der Waals surface area contributed by atoms with E-state index in [9.17, 15) is 14.4 Å². The number of rotatable bonds is 3. The second-order valence-electron chi connectivity index (χ2n) is 6.49. The van der Waals surface area contributed by atoms with Crippen LogP contribution in [0.15, 0.2) is 38.9 Å². The van der Waals surface area contributed by atoms with Gasteiger partial charge in [-0.1, -0.05) is 12.1 Å². The van der Waals surface area contributed by atoms with Gasteiger partial charge in [0, 0.05) is 5.56 Å². The molecule has 0 aliphatic heterocycles. The highest BCUT2D eigenvalue weighted by molar-refractivity contribution is 7.80. The van der Waals surface area contributed by atoms with Crippen molar-refractivity contribution in [2.24, 2.45) is 0 Å². The maximum Gasteiger partial charge on any atom is 0.338 e. The summed E-state index contributed by atoms with van der Waals surface area (Å²) in [6, 6.07) is 6.61. The van der Waals surface area contributed by atoms with Crippen LogP contribution in [0, 0.1) is 6.92 Å². The molecule has 0 amide bonds. The van der Waals surface area contributed by atoms with Crippen molar-refractivity contribution in [1.29, 1.82) is 0 Å². The van der Waals surface area contributed by atoms with Crippen LogP contribution in [0.5, 0.6) is 0 Å². The molecule has 1 aromatic carbocycles. The molecule has 0 atom stereocenters. The number of carbonyl (C=O) groups excluding carboxylic acids is 1. The van der Waals surface area contributed by atoms with Gasteiger partial charge in [0.1, 0.15) is 5.60 Å². The molecule has 1 aromatic heterocycles. The number of thiol groups is 1. The Kier molecular flexibility index (Phi) is 5.03. The standard InChI is InChI=1S/C17H20N2O4S/c1-10-13(24)18-16(22)19(14(10)20)9-11-5-7-12(8-6-11)15(21)23-17(2,3)4/h5-8,24H,9H2,1-4H3,(H,18,22). The summed E-state index contributed by atoms with van der Waals surface area (Å²) >= 11 is 4.06. The van der Waals surface area contributed by atoms with Crippen molar-refractivity contribution in [3.05, 3.63) is 61.8 Å². The molecule has 7 heteroatoms. The molecular formula is C17H20N2O4S. The lowest BCUT2D eigenvalue weighted by Gasteiger charge is -2.19. The Morgan fingerprint density at radius 1 is 1.21 bits per heavy atom. The molecule has 0 saturated carbocycles. The van der Waals surface area contributed by atoms with E-state index in [4.69, 9.17) is 4.74 Å². The summed E-state index contributed by atoms with van der Waals surface area (Å²) < 4.78 is 6.39. The molecule has 6 nitrogen and oxygen atoms in total. The van der Waals surface area contributed by atoms with Crippen LogP contribution in [0.3, 0.4) is 0 Å². The number of aromatic nitrogens is 2. The summed E-state index contributed by atoms with van der Waals surface area (Å²) in [6.45, 7) is 7.10. The number of ether oxygens (including phenoxy) is 1. The molecule has 0 fully saturated rings.